The van der Waals surface area contributed by atoms with Crippen molar-refractivity contribution >= 4 is 15.9 Å². The number of sulfonamides is 1. The normalized spacial score (nSPS) is 16.5. The van der Waals surface area contributed by atoms with Crippen LogP contribution in [0.15, 0.2) is 4.90 Å². The fourth-order valence-corrected chi connectivity index (χ4v) is 5.37. The van der Waals surface area contributed by atoms with Gasteiger partial charge in [0.2, 0.25) is 15.9 Å². The second-order valence-electron chi connectivity index (χ2n) is 6.59. The molecular weight excluding hydrogens is 324 g/mol. The molecule has 0 atom stereocenters. The van der Waals surface area contributed by atoms with Crippen molar-refractivity contribution in [3.05, 3.63) is 27.8 Å². The van der Waals surface area contributed by atoms with Gasteiger partial charge in [0.05, 0.1) is 4.90 Å². The van der Waals surface area contributed by atoms with Crippen molar-refractivity contribution < 1.29 is 13.2 Å². The van der Waals surface area contributed by atoms with Crippen molar-refractivity contribution in [2.75, 3.05) is 26.2 Å². The predicted octanol–water partition coefficient (Wildman–Crippen LogP) is 2.47. The first-order chi connectivity index (χ1) is 11.1. The number of nitrogens with zero attached hydrogens (tertiary/aromatic N) is 2. The molecule has 1 amide bonds. The number of hydrogen-bond donors (Lipinski definition) is 0. The molecule has 0 bridgehead atoms. The second kappa shape index (κ2) is 6.84. The molecule has 5 nitrogen and oxygen atoms in total. The molecule has 0 aromatic heterocycles. The summed E-state index contributed by atoms with van der Waals surface area (Å²) in [5.41, 5.74) is 4.90. The van der Waals surface area contributed by atoms with E-state index >= 15 is 0 Å². The lowest BCUT2D eigenvalue weighted by atomic mass is 9.95. The smallest absolute Gasteiger partial charge is 0.243 e. The Morgan fingerprint density at radius 1 is 0.833 bits per heavy atom. The third kappa shape index (κ3) is 3.09. The van der Waals surface area contributed by atoms with E-state index in [0.717, 1.165) is 27.8 Å². The topological polar surface area (TPSA) is 57.7 Å². The summed E-state index contributed by atoms with van der Waals surface area (Å²) in [5.74, 6) is 0.0847. The molecule has 1 saturated heterocycles. The molecule has 1 aromatic carbocycles. The molecule has 0 N–H and O–H groups in total. The van der Waals surface area contributed by atoms with Gasteiger partial charge < -0.3 is 4.90 Å². The Kier molecular flexibility index (Phi) is 5.40. The van der Waals surface area contributed by atoms with Crippen LogP contribution in [0.25, 0.3) is 0 Å². The SMILES string of the molecule is CCC(=O)N1CCN(S(=O)(=O)c2c(C)c(C)c(C)c(C)c2C)CC1. The van der Waals surface area contributed by atoms with E-state index in [1.807, 2.05) is 41.5 Å². The van der Waals surface area contributed by atoms with E-state index in [1.54, 1.807) is 4.90 Å². The Hall–Kier alpha value is -1.40. The molecule has 1 aliphatic heterocycles. The number of amides is 1. The second-order valence-corrected chi connectivity index (χ2v) is 8.47. The minimum Gasteiger partial charge on any atom is -0.340 e. The summed E-state index contributed by atoms with van der Waals surface area (Å²) in [6, 6.07) is 0. The van der Waals surface area contributed by atoms with Crippen LogP contribution in [0.2, 0.25) is 0 Å². The maximum absolute atomic E-state index is 13.2. The quantitative estimate of drug-likeness (QED) is 0.840. The third-order valence-electron chi connectivity index (χ3n) is 5.42. The van der Waals surface area contributed by atoms with Crippen molar-refractivity contribution in [3.8, 4) is 0 Å². The predicted molar refractivity (Wildman–Crippen MR) is 95.8 cm³/mol. The zero-order valence-electron chi connectivity index (χ0n) is 15.6. The largest absolute Gasteiger partial charge is 0.340 e. The van der Waals surface area contributed by atoms with E-state index < -0.39 is 10.0 Å². The molecule has 0 unspecified atom stereocenters. The molecule has 0 spiro atoms. The van der Waals surface area contributed by atoms with E-state index in [-0.39, 0.29) is 5.91 Å². The Balaban J connectivity index is 2.38. The molecule has 6 heteroatoms. The van der Waals surface area contributed by atoms with Gasteiger partial charge in [-0.3, -0.25) is 4.79 Å². The third-order valence-corrected chi connectivity index (χ3v) is 7.60. The van der Waals surface area contributed by atoms with Crippen molar-refractivity contribution in [2.45, 2.75) is 52.9 Å². The van der Waals surface area contributed by atoms with Crippen LogP contribution in [0, 0.1) is 34.6 Å². The van der Waals surface area contributed by atoms with Gasteiger partial charge in [-0.1, -0.05) is 6.92 Å². The molecular formula is C18H28N2O3S. The zero-order valence-corrected chi connectivity index (χ0v) is 16.4. The van der Waals surface area contributed by atoms with Gasteiger partial charge in [0, 0.05) is 32.6 Å². The summed E-state index contributed by atoms with van der Waals surface area (Å²) in [6.45, 7) is 13.3. The Bertz CT molecular complexity index is 732. The maximum Gasteiger partial charge on any atom is 0.243 e. The first kappa shape index (κ1) is 18.9. The van der Waals surface area contributed by atoms with E-state index in [9.17, 15) is 13.2 Å². The highest BCUT2D eigenvalue weighted by Crippen LogP contribution is 2.31. The minimum absolute atomic E-state index is 0.0847. The lowest BCUT2D eigenvalue weighted by Gasteiger charge is -2.35. The molecule has 1 aliphatic rings. The van der Waals surface area contributed by atoms with Crippen LogP contribution >= 0.6 is 0 Å². The van der Waals surface area contributed by atoms with Gasteiger partial charge in [0.1, 0.15) is 0 Å². The van der Waals surface area contributed by atoms with Crippen LogP contribution in [0.1, 0.15) is 41.2 Å². The molecule has 24 heavy (non-hydrogen) atoms. The summed E-state index contributed by atoms with van der Waals surface area (Å²) in [4.78, 5) is 14.0. The Morgan fingerprint density at radius 3 is 1.67 bits per heavy atom. The van der Waals surface area contributed by atoms with E-state index in [0.29, 0.717) is 37.5 Å². The summed E-state index contributed by atoms with van der Waals surface area (Å²) >= 11 is 0. The van der Waals surface area contributed by atoms with Crippen molar-refractivity contribution in [2.24, 2.45) is 0 Å². The fraction of sp³-hybridized carbons (Fsp3) is 0.611. The average molecular weight is 353 g/mol. The fourth-order valence-electron chi connectivity index (χ4n) is 3.38. The molecule has 1 aromatic rings. The molecule has 0 aliphatic carbocycles. The van der Waals surface area contributed by atoms with Crippen LogP contribution in [0.3, 0.4) is 0 Å². The van der Waals surface area contributed by atoms with Crippen LogP contribution < -0.4 is 0 Å². The first-order valence-electron chi connectivity index (χ1n) is 8.47. The monoisotopic (exact) mass is 352 g/mol. The van der Waals surface area contributed by atoms with Gasteiger partial charge in [-0.15, -0.1) is 0 Å². The van der Waals surface area contributed by atoms with Crippen LogP contribution in [0.5, 0.6) is 0 Å². The highest BCUT2D eigenvalue weighted by molar-refractivity contribution is 7.89. The number of piperazine rings is 1. The highest BCUT2D eigenvalue weighted by atomic mass is 32.2. The van der Waals surface area contributed by atoms with E-state index in [2.05, 4.69) is 0 Å². The Labute approximate surface area is 145 Å². The average Bonchev–Trinajstić information content (AvgIpc) is 2.57. The molecule has 0 radical (unpaired) electrons. The van der Waals surface area contributed by atoms with E-state index in [1.165, 1.54) is 4.31 Å². The number of carbonyl (C=O) groups excluding carboxylic acids is 1. The standard InChI is InChI=1S/C18H28N2O3S/c1-7-17(21)19-8-10-20(11-9-19)24(22,23)18-15(5)13(3)12(2)14(4)16(18)6/h7-11H2,1-6H3. The number of hydrogen-bond acceptors (Lipinski definition) is 3. The first-order valence-corrected chi connectivity index (χ1v) is 9.91. The summed E-state index contributed by atoms with van der Waals surface area (Å²) in [7, 11) is -3.55. The summed E-state index contributed by atoms with van der Waals surface area (Å²) in [5, 5.41) is 0. The van der Waals surface area contributed by atoms with Crippen molar-refractivity contribution in [3.63, 3.8) is 0 Å². The number of carbonyl (C=O) groups is 1. The molecule has 134 valence electrons. The molecule has 1 fully saturated rings. The van der Waals surface area contributed by atoms with Gasteiger partial charge in [-0.25, -0.2) is 8.42 Å². The van der Waals surface area contributed by atoms with Gasteiger partial charge in [-0.05, 0) is 62.4 Å². The van der Waals surface area contributed by atoms with Gasteiger partial charge in [-0.2, -0.15) is 4.31 Å². The van der Waals surface area contributed by atoms with Crippen molar-refractivity contribution in [1.82, 2.24) is 9.21 Å². The molecule has 2 rings (SSSR count). The van der Waals surface area contributed by atoms with Crippen LogP contribution in [-0.2, 0) is 14.8 Å². The van der Waals surface area contributed by atoms with Gasteiger partial charge >= 0.3 is 0 Å². The number of rotatable bonds is 3. The van der Waals surface area contributed by atoms with E-state index in [4.69, 9.17) is 0 Å². The molecule has 0 saturated carbocycles. The minimum atomic E-state index is -3.55. The summed E-state index contributed by atoms with van der Waals surface area (Å²) in [6.07, 6.45) is 0.460. The highest BCUT2D eigenvalue weighted by Gasteiger charge is 2.33. The zero-order chi connectivity index (χ0) is 18.2. The van der Waals surface area contributed by atoms with Crippen LogP contribution in [-0.4, -0.2) is 49.7 Å². The number of benzene rings is 1. The lowest BCUT2D eigenvalue weighted by Crippen LogP contribution is -2.50. The van der Waals surface area contributed by atoms with Gasteiger partial charge in [0.15, 0.2) is 0 Å². The van der Waals surface area contributed by atoms with Gasteiger partial charge in [0.25, 0.3) is 0 Å². The lowest BCUT2D eigenvalue weighted by molar-refractivity contribution is -0.132. The van der Waals surface area contributed by atoms with Crippen LogP contribution in [0.4, 0.5) is 0 Å². The molecule has 1 heterocycles. The van der Waals surface area contributed by atoms with Crippen molar-refractivity contribution in [1.29, 1.82) is 0 Å². The maximum atomic E-state index is 13.2. The summed E-state index contributed by atoms with van der Waals surface area (Å²) < 4.78 is 28.0. The Morgan fingerprint density at radius 2 is 1.25 bits per heavy atom.